The van der Waals surface area contributed by atoms with E-state index < -0.39 is 107 Å². The zero-order valence-corrected chi connectivity index (χ0v) is 45.1. The summed E-state index contributed by atoms with van der Waals surface area (Å²) in [7, 11) is -7.71. The molecule has 0 amide bonds. The third-order valence-corrected chi connectivity index (χ3v) is 13.1. The van der Waals surface area contributed by atoms with Crippen molar-refractivity contribution in [3.8, 4) is 11.5 Å². The van der Waals surface area contributed by atoms with Crippen LogP contribution in [0, 0.1) is 13.8 Å². The average molecular weight is 1280 g/mol. The van der Waals surface area contributed by atoms with Crippen LogP contribution in [-0.2, 0) is 50.8 Å². The fourth-order valence-electron chi connectivity index (χ4n) is 7.40. The van der Waals surface area contributed by atoms with Gasteiger partial charge in [0.05, 0.1) is 26.4 Å². The second-order valence-corrected chi connectivity index (χ2v) is 19.3. The number of nitrogens with one attached hydrogen (secondary N) is 2. The van der Waals surface area contributed by atoms with Crippen LogP contribution >= 0.6 is 15.6 Å². The lowest BCUT2D eigenvalue weighted by Crippen LogP contribution is -3.00. The van der Waals surface area contributed by atoms with Crippen LogP contribution in [0.4, 0.5) is 0 Å². The first-order chi connectivity index (χ1) is 33.1. The molecule has 72 heavy (non-hydrogen) atoms. The molecule has 0 bridgehead atoms. The van der Waals surface area contributed by atoms with Crippen molar-refractivity contribution in [2.75, 3.05) is 26.4 Å². The molecule has 6 rings (SSSR count). The summed E-state index contributed by atoms with van der Waals surface area (Å²) in [5.74, 6) is 0.814. The monoisotopic (exact) mass is 1280 g/mol. The first-order valence-electron chi connectivity index (χ1n) is 21.8. The van der Waals surface area contributed by atoms with Crippen LogP contribution in [0.3, 0.4) is 0 Å². The third-order valence-electron chi connectivity index (χ3n) is 11.3. The van der Waals surface area contributed by atoms with Gasteiger partial charge < -0.3 is 97.1 Å². The van der Waals surface area contributed by atoms with E-state index >= 15 is 0 Å². The molecule has 0 aromatic carbocycles. The maximum absolute atomic E-state index is 13.5. The predicted molar refractivity (Wildman–Crippen MR) is 235 cm³/mol. The van der Waals surface area contributed by atoms with Crippen LogP contribution in [0.25, 0.3) is 0 Å². The Hall–Kier alpha value is -3.63. The van der Waals surface area contributed by atoms with Crippen molar-refractivity contribution < 1.29 is 138 Å². The number of H-pyrrole nitrogens is 2. The summed E-state index contributed by atoms with van der Waals surface area (Å²) in [6, 6.07) is 6.20. The van der Waals surface area contributed by atoms with Gasteiger partial charge in [-0.05, 0) is 38.8 Å². The van der Waals surface area contributed by atoms with E-state index in [9.17, 15) is 63.3 Å². The summed E-state index contributed by atoms with van der Waals surface area (Å²) in [5, 5.41) is 42.8. The molecule has 2 saturated heterocycles. The lowest BCUT2D eigenvalue weighted by molar-refractivity contribution is -0.685. The van der Waals surface area contributed by atoms with E-state index in [0.29, 0.717) is 30.2 Å². The van der Waals surface area contributed by atoms with Gasteiger partial charge in [-0.2, -0.15) is 9.13 Å². The molecule has 8 N–H and O–H groups in total. The number of rotatable bonds is 24. The van der Waals surface area contributed by atoms with Gasteiger partial charge in [0, 0.05) is 35.7 Å². The normalized spacial score (nSPS) is 23.8. The zero-order chi connectivity index (χ0) is 51.1. The number of halogens is 2. The number of carbonyl (C=O) groups excluding carboxylic acids is 1. The van der Waals surface area contributed by atoms with Gasteiger partial charge in [-0.1, -0.05) is 19.3 Å². The number of aldehydes is 1. The number of aromatic nitrogens is 6. The molecule has 400 valence electrons. The highest BCUT2D eigenvalue weighted by Gasteiger charge is 2.48. The molecule has 4 aromatic heterocycles. The van der Waals surface area contributed by atoms with E-state index in [4.69, 9.17) is 37.0 Å². The fourth-order valence-corrected chi connectivity index (χ4v) is 9.05. The van der Waals surface area contributed by atoms with Crippen molar-refractivity contribution in [1.82, 2.24) is 19.1 Å². The van der Waals surface area contributed by atoms with E-state index in [1.165, 1.54) is 43.8 Å². The Morgan fingerprint density at radius 1 is 0.708 bits per heavy atom. The number of hydrogen-bond acceptors (Lipinski definition) is 19. The van der Waals surface area contributed by atoms with Crippen molar-refractivity contribution in [2.45, 2.75) is 101 Å². The topological polar surface area (TPSA) is 364 Å². The molecule has 27 nitrogen and oxygen atoms in total. The van der Waals surface area contributed by atoms with Crippen molar-refractivity contribution in [3.63, 3.8) is 0 Å². The molecule has 0 aliphatic carbocycles. The number of phosphoric acid groups is 2. The molecule has 31 heteroatoms. The van der Waals surface area contributed by atoms with Crippen LogP contribution in [-0.4, -0.2) is 119 Å². The zero-order valence-electron chi connectivity index (χ0n) is 39.0. The second-order valence-electron chi connectivity index (χ2n) is 16.5. The van der Waals surface area contributed by atoms with Crippen molar-refractivity contribution in [2.24, 2.45) is 14.1 Å². The highest BCUT2D eigenvalue weighted by molar-refractivity contribution is 7.48. The Labute approximate surface area is 443 Å². The number of unbranched alkanes of at least 4 members (excludes halogenated alkanes) is 4. The van der Waals surface area contributed by atoms with E-state index in [0.717, 1.165) is 53.5 Å². The molecule has 10 atom stereocenters. The Morgan fingerprint density at radius 3 is 1.65 bits per heavy atom. The number of aryl methyl sites for hydroxylation is 4. The summed E-state index contributed by atoms with van der Waals surface area (Å²) in [5.41, 5.74) is -3.02. The lowest BCUT2D eigenvalue weighted by atomic mass is 10.1. The molecule has 4 aromatic rings. The SMILES string of the molecule is Cc1cn([C@@H]2O[C@H](COP(=O)(O)OC(OP(=O)(O)OC[C@H]3O[C@@H](n4cc(C)c(=O)[nH]c4=O)[C@H](O)[C@@H]3O)c3ccc(OCCCCCCCOc4ccc[n+](C)c4C=O)c[n+]3C)[C@@H](O)[C@H]2O)c(=O)[nH]c1=O.[I-].[I-]. The van der Waals surface area contributed by atoms with E-state index in [2.05, 4.69) is 0 Å². The van der Waals surface area contributed by atoms with Gasteiger partial charge in [0.2, 0.25) is 18.2 Å². The number of phosphoric ester groups is 2. The van der Waals surface area contributed by atoms with Gasteiger partial charge in [-0.15, -0.1) is 0 Å². The number of carbonyl (C=O) groups is 1. The first-order valence-corrected chi connectivity index (χ1v) is 24.8. The fraction of sp³-hybridized carbons (Fsp3) is 0.537. The molecule has 0 radical (unpaired) electrons. The lowest BCUT2D eigenvalue weighted by Gasteiger charge is -2.23. The minimum atomic E-state index is -5.44. The molecule has 2 unspecified atom stereocenters. The van der Waals surface area contributed by atoms with Gasteiger partial charge in [-0.3, -0.25) is 42.5 Å². The highest BCUT2D eigenvalue weighted by atomic mass is 127. The average Bonchev–Trinajstić information content (AvgIpc) is 3.74. The number of ether oxygens (including phenoxy) is 4. The van der Waals surface area contributed by atoms with Crippen LogP contribution in [0.5, 0.6) is 11.5 Å². The highest BCUT2D eigenvalue weighted by Crippen LogP contribution is 2.55. The number of nitrogens with zero attached hydrogens (tertiary/aromatic N) is 4. The summed E-state index contributed by atoms with van der Waals surface area (Å²) in [6.07, 6.45) is -5.78. The Balaban J connectivity index is 0.00000562. The number of aliphatic hydroxyl groups excluding tert-OH is 4. The molecule has 2 fully saturated rings. The summed E-state index contributed by atoms with van der Waals surface area (Å²) < 4.78 is 75.0. The Bertz CT molecular complexity index is 2710. The largest absolute Gasteiger partial charge is 1.00 e. The van der Waals surface area contributed by atoms with Crippen LogP contribution in [0.2, 0.25) is 0 Å². The van der Waals surface area contributed by atoms with Crippen molar-refractivity contribution >= 4 is 21.9 Å². The Morgan fingerprint density at radius 2 is 1.18 bits per heavy atom. The Kier molecular flexibility index (Phi) is 22.6. The molecule has 2 aliphatic rings. The molecule has 0 spiro atoms. The summed E-state index contributed by atoms with van der Waals surface area (Å²) >= 11 is 0. The minimum absolute atomic E-state index is 0. The second kappa shape index (κ2) is 26.7. The van der Waals surface area contributed by atoms with E-state index in [1.54, 1.807) is 29.9 Å². The number of aromatic amines is 2. The van der Waals surface area contributed by atoms with Gasteiger partial charge in [0.25, 0.3) is 23.1 Å². The molecular formula is C41H56I2N6O21P2. The molecule has 0 saturated carbocycles. The van der Waals surface area contributed by atoms with E-state index in [-0.39, 0.29) is 71.4 Å². The molecule has 2 aliphatic heterocycles. The van der Waals surface area contributed by atoms with Gasteiger partial charge in [0.1, 0.15) is 50.7 Å². The number of aliphatic hydroxyl groups is 4. The van der Waals surface area contributed by atoms with Crippen LogP contribution in [0.15, 0.2) is 68.2 Å². The smallest absolute Gasteiger partial charge is 0.475 e. The standard InChI is InChI=1S/C41H54N6O21P2.2HI/c1-23-17-46(40(55)42-35(23)53)37-33(51)31(49)29(65-37)21-63-69(57,58)67-39(68-70(59,60)64-22-30-32(50)34(52)38(66-30)47-18-24(2)36(54)43-41(47)56)26-13-12-25(19-45(26)4)61-15-8-6-5-7-9-16-62-28-11-10-14-44(3)27(28)20-48;;/h10-14,17-20,29-34,37-39,49-52H,5-9,15-16,21-22H2,1-4H3,(H2-2,42,43,53,54,55,56,57,58,59,60);2*1H/t29-,30-,31-,32-,33-,34-,37-,38-;;/m1../s1. The minimum Gasteiger partial charge on any atom is -1.00 e. The number of hydrogen-bond donors (Lipinski definition) is 8. The summed E-state index contributed by atoms with van der Waals surface area (Å²) in [6.45, 7) is 1.52. The summed E-state index contributed by atoms with van der Waals surface area (Å²) in [4.78, 5) is 86.0. The predicted octanol–water partition coefficient (Wildman–Crippen LogP) is -7.21. The van der Waals surface area contributed by atoms with Gasteiger partial charge >= 0.3 is 27.0 Å². The van der Waals surface area contributed by atoms with Crippen LogP contribution in [0.1, 0.15) is 78.2 Å². The molecular weight excluding hydrogens is 1230 g/mol. The maximum atomic E-state index is 13.5. The first kappa shape index (κ1) is 60.9. The maximum Gasteiger partial charge on any atom is 0.475 e. The quantitative estimate of drug-likeness (QED) is 0.00807. The van der Waals surface area contributed by atoms with E-state index in [1.807, 2.05) is 9.97 Å². The van der Waals surface area contributed by atoms with Crippen molar-refractivity contribution in [1.29, 1.82) is 0 Å². The van der Waals surface area contributed by atoms with Gasteiger partial charge in [0.15, 0.2) is 30.2 Å². The third kappa shape index (κ3) is 15.5. The van der Waals surface area contributed by atoms with Gasteiger partial charge in [-0.25, -0.2) is 27.8 Å². The molecule has 6 heterocycles. The van der Waals surface area contributed by atoms with Crippen LogP contribution < -0.4 is 89.1 Å². The number of pyridine rings is 2. The van der Waals surface area contributed by atoms with Crippen molar-refractivity contribution in [3.05, 3.63) is 113 Å².